The maximum atomic E-state index is 12.8. The van der Waals surface area contributed by atoms with Gasteiger partial charge in [0.2, 0.25) is 0 Å². The number of aromatic nitrogens is 1. The zero-order valence-corrected chi connectivity index (χ0v) is 14.5. The Kier molecular flexibility index (Phi) is 4.49. The second kappa shape index (κ2) is 6.92. The van der Waals surface area contributed by atoms with Crippen molar-refractivity contribution in [3.8, 4) is 5.75 Å². The van der Waals surface area contributed by atoms with Crippen molar-refractivity contribution in [3.63, 3.8) is 0 Å². The van der Waals surface area contributed by atoms with Crippen LogP contribution in [0.25, 0.3) is 0 Å². The van der Waals surface area contributed by atoms with E-state index in [1.807, 2.05) is 35.2 Å². The third-order valence-corrected chi connectivity index (χ3v) is 5.31. The number of ether oxygens (including phenoxy) is 1. The Morgan fingerprint density at radius 3 is 2.60 bits per heavy atom. The first-order valence-corrected chi connectivity index (χ1v) is 8.99. The van der Waals surface area contributed by atoms with Crippen molar-refractivity contribution in [2.75, 3.05) is 5.32 Å². The van der Waals surface area contributed by atoms with Gasteiger partial charge in [-0.15, -0.1) is 0 Å². The normalized spacial score (nSPS) is 24.8. The Hall–Kier alpha value is -2.27. The molecule has 2 unspecified atom stereocenters. The van der Waals surface area contributed by atoms with Gasteiger partial charge in [-0.1, -0.05) is 23.7 Å². The van der Waals surface area contributed by atoms with Crippen molar-refractivity contribution in [2.24, 2.45) is 0 Å². The van der Waals surface area contributed by atoms with Crippen LogP contribution in [0.2, 0.25) is 5.02 Å². The molecule has 0 saturated carbocycles. The number of carbonyl (C=O) groups excluding carboxylic acids is 1. The van der Waals surface area contributed by atoms with Gasteiger partial charge in [0.05, 0.1) is 16.9 Å². The Balaban J connectivity index is 1.42. The van der Waals surface area contributed by atoms with E-state index in [1.165, 1.54) is 0 Å². The summed E-state index contributed by atoms with van der Waals surface area (Å²) in [6, 6.07) is 11.5. The minimum Gasteiger partial charge on any atom is -0.489 e. The SMILES string of the molecule is O=C(Nc1ccccc1Cl)N1C2CCC1CC(Oc1cccnc1)C2. The molecule has 3 heterocycles. The Morgan fingerprint density at radius 2 is 1.92 bits per heavy atom. The first-order chi connectivity index (χ1) is 12.2. The van der Waals surface area contributed by atoms with Gasteiger partial charge in [0, 0.05) is 31.1 Å². The van der Waals surface area contributed by atoms with Crippen molar-refractivity contribution >= 4 is 23.3 Å². The summed E-state index contributed by atoms with van der Waals surface area (Å²) >= 11 is 6.15. The van der Waals surface area contributed by atoms with Crippen molar-refractivity contribution in [2.45, 2.75) is 43.9 Å². The van der Waals surface area contributed by atoms with Gasteiger partial charge in [0.1, 0.15) is 11.9 Å². The molecule has 0 aliphatic carbocycles. The van der Waals surface area contributed by atoms with Crippen molar-refractivity contribution in [1.29, 1.82) is 0 Å². The van der Waals surface area contributed by atoms with Crippen LogP contribution in [-0.4, -0.2) is 34.1 Å². The Morgan fingerprint density at radius 1 is 1.16 bits per heavy atom. The minimum absolute atomic E-state index is 0.0690. The van der Waals surface area contributed by atoms with Gasteiger partial charge in [0.15, 0.2) is 0 Å². The van der Waals surface area contributed by atoms with Crippen LogP contribution in [0.4, 0.5) is 10.5 Å². The van der Waals surface area contributed by atoms with Gasteiger partial charge in [-0.05, 0) is 37.1 Å². The number of hydrogen-bond acceptors (Lipinski definition) is 3. The van der Waals surface area contributed by atoms with E-state index in [-0.39, 0.29) is 24.2 Å². The smallest absolute Gasteiger partial charge is 0.322 e. The van der Waals surface area contributed by atoms with Crippen LogP contribution in [0.15, 0.2) is 48.8 Å². The highest BCUT2D eigenvalue weighted by Gasteiger charge is 2.44. The van der Waals surface area contributed by atoms with E-state index in [9.17, 15) is 4.79 Å². The summed E-state index contributed by atoms with van der Waals surface area (Å²) in [5.74, 6) is 0.792. The average molecular weight is 358 g/mol. The van der Waals surface area contributed by atoms with Gasteiger partial charge in [-0.25, -0.2) is 4.79 Å². The molecule has 1 N–H and O–H groups in total. The van der Waals surface area contributed by atoms with Crippen LogP contribution in [-0.2, 0) is 0 Å². The first kappa shape index (κ1) is 16.2. The zero-order chi connectivity index (χ0) is 17.2. The van der Waals surface area contributed by atoms with Gasteiger partial charge in [-0.2, -0.15) is 0 Å². The number of amides is 2. The number of rotatable bonds is 3. The lowest BCUT2D eigenvalue weighted by atomic mass is 10.00. The number of nitrogens with zero attached hydrogens (tertiary/aromatic N) is 2. The topological polar surface area (TPSA) is 54.5 Å². The molecule has 2 bridgehead atoms. The molecule has 2 aliphatic rings. The lowest BCUT2D eigenvalue weighted by molar-refractivity contribution is 0.0730. The number of anilines is 1. The molecule has 0 spiro atoms. The molecule has 5 nitrogen and oxygen atoms in total. The van der Waals surface area contributed by atoms with E-state index in [0.717, 1.165) is 31.4 Å². The number of halogens is 1. The molecule has 2 saturated heterocycles. The summed E-state index contributed by atoms with van der Waals surface area (Å²) in [5.41, 5.74) is 0.655. The van der Waals surface area contributed by atoms with Gasteiger partial charge in [0.25, 0.3) is 0 Å². The van der Waals surface area contributed by atoms with Crippen molar-refractivity contribution in [1.82, 2.24) is 9.88 Å². The molecule has 2 aliphatic heterocycles. The van der Waals surface area contributed by atoms with E-state index in [1.54, 1.807) is 18.5 Å². The largest absolute Gasteiger partial charge is 0.489 e. The predicted molar refractivity (Wildman–Crippen MR) is 97.0 cm³/mol. The molecule has 2 amide bonds. The van der Waals surface area contributed by atoms with Crippen LogP contribution in [0, 0.1) is 0 Å². The fourth-order valence-corrected chi connectivity index (χ4v) is 4.09. The Bertz CT molecular complexity index is 741. The van der Waals surface area contributed by atoms with Crippen LogP contribution >= 0.6 is 11.6 Å². The highest BCUT2D eigenvalue weighted by molar-refractivity contribution is 6.33. The first-order valence-electron chi connectivity index (χ1n) is 8.61. The number of carbonyl (C=O) groups is 1. The number of hydrogen-bond donors (Lipinski definition) is 1. The summed E-state index contributed by atoms with van der Waals surface area (Å²) in [5, 5.41) is 3.50. The van der Waals surface area contributed by atoms with Crippen molar-refractivity contribution < 1.29 is 9.53 Å². The molecule has 2 atom stereocenters. The molecule has 4 rings (SSSR count). The van der Waals surface area contributed by atoms with Gasteiger partial charge in [-0.3, -0.25) is 4.98 Å². The molecule has 0 radical (unpaired) electrons. The van der Waals surface area contributed by atoms with Crippen LogP contribution in [0.5, 0.6) is 5.75 Å². The van der Waals surface area contributed by atoms with Crippen LogP contribution in [0.1, 0.15) is 25.7 Å². The molecular weight excluding hydrogens is 338 g/mol. The van der Waals surface area contributed by atoms with E-state index in [2.05, 4.69) is 10.3 Å². The minimum atomic E-state index is -0.0690. The maximum Gasteiger partial charge on any atom is 0.322 e. The lowest BCUT2D eigenvalue weighted by Gasteiger charge is -2.38. The standard InChI is InChI=1S/C19H20ClN3O2/c20-17-5-1-2-6-18(17)22-19(24)23-13-7-8-14(23)11-16(10-13)25-15-4-3-9-21-12-15/h1-6,9,12-14,16H,7-8,10-11H2,(H,22,24). The fourth-order valence-electron chi connectivity index (χ4n) is 3.91. The summed E-state index contributed by atoms with van der Waals surface area (Å²) in [4.78, 5) is 18.8. The maximum absolute atomic E-state index is 12.8. The highest BCUT2D eigenvalue weighted by atomic mass is 35.5. The summed E-state index contributed by atoms with van der Waals surface area (Å²) in [6.07, 6.45) is 7.34. The van der Waals surface area contributed by atoms with E-state index in [0.29, 0.717) is 10.7 Å². The monoisotopic (exact) mass is 357 g/mol. The number of nitrogens with one attached hydrogen (secondary N) is 1. The molecule has 1 aromatic heterocycles. The molecule has 6 heteroatoms. The van der Waals surface area contributed by atoms with Crippen LogP contribution < -0.4 is 10.1 Å². The highest BCUT2D eigenvalue weighted by Crippen LogP contribution is 2.38. The number of urea groups is 1. The fraction of sp³-hybridized carbons (Fsp3) is 0.368. The zero-order valence-electron chi connectivity index (χ0n) is 13.8. The third kappa shape index (κ3) is 3.42. The predicted octanol–water partition coefficient (Wildman–Crippen LogP) is 4.34. The van der Waals surface area contributed by atoms with Crippen molar-refractivity contribution in [3.05, 3.63) is 53.8 Å². The second-order valence-corrected chi connectivity index (χ2v) is 7.01. The molecule has 2 aromatic rings. The number of piperidine rings is 1. The van der Waals surface area contributed by atoms with E-state index < -0.39 is 0 Å². The molecular formula is C19H20ClN3O2. The molecule has 25 heavy (non-hydrogen) atoms. The Labute approximate surface area is 152 Å². The quantitative estimate of drug-likeness (QED) is 0.888. The van der Waals surface area contributed by atoms with E-state index >= 15 is 0 Å². The molecule has 2 fully saturated rings. The number of benzene rings is 1. The summed E-state index contributed by atoms with van der Waals surface area (Å²) in [7, 11) is 0. The van der Waals surface area contributed by atoms with E-state index in [4.69, 9.17) is 16.3 Å². The average Bonchev–Trinajstić information content (AvgIpc) is 2.89. The molecule has 1 aromatic carbocycles. The van der Waals surface area contributed by atoms with Crippen LogP contribution in [0.3, 0.4) is 0 Å². The second-order valence-electron chi connectivity index (χ2n) is 6.60. The third-order valence-electron chi connectivity index (χ3n) is 4.98. The summed E-state index contributed by atoms with van der Waals surface area (Å²) in [6.45, 7) is 0. The molecule has 130 valence electrons. The lowest BCUT2D eigenvalue weighted by Crippen LogP contribution is -2.50. The number of pyridine rings is 1. The van der Waals surface area contributed by atoms with Gasteiger partial charge < -0.3 is 15.0 Å². The summed E-state index contributed by atoms with van der Waals surface area (Å²) < 4.78 is 6.06. The number of para-hydroxylation sites is 1. The van der Waals surface area contributed by atoms with Gasteiger partial charge >= 0.3 is 6.03 Å². The number of fused-ring (bicyclic) bond motifs is 2.